The SMILES string of the molecule is COc1cccc(OC)c1C(=O)Nc1ccc(-c2nn[nH]n2)cc1. The number of nitrogens with zero attached hydrogens (tertiary/aromatic N) is 3. The monoisotopic (exact) mass is 325 g/mol. The minimum Gasteiger partial charge on any atom is -0.496 e. The zero-order valence-electron chi connectivity index (χ0n) is 13.1. The molecule has 8 heteroatoms. The lowest BCUT2D eigenvalue weighted by molar-refractivity contribution is 0.102. The summed E-state index contributed by atoms with van der Waals surface area (Å²) in [6.45, 7) is 0. The van der Waals surface area contributed by atoms with Crippen LogP contribution in [0.4, 0.5) is 5.69 Å². The van der Waals surface area contributed by atoms with Crippen molar-refractivity contribution in [3.63, 3.8) is 0 Å². The van der Waals surface area contributed by atoms with Crippen LogP contribution in [-0.2, 0) is 0 Å². The number of nitrogens with one attached hydrogen (secondary N) is 2. The molecular weight excluding hydrogens is 310 g/mol. The third-order valence-electron chi connectivity index (χ3n) is 3.40. The van der Waals surface area contributed by atoms with Crippen LogP contribution in [0.25, 0.3) is 11.4 Å². The minimum atomic E-state index is -0.323. The molecule has 2 aromatic carbocycles. The molecule has 0 saturated heterocycles. The summed E-state index contributed by atoms with van der Waals surface area (Å²) in [6.07, 6.45) is 0. The van der Waals surface area contributed by atoms with Crippen molar-refractivity contribution in [1.29, 1.82) is 0 Å². The minimum absolute atomic E-state index is 0.323. The first-order valence-corrected chi connectivity index (χ1v) is 7.09. The molecule has 0 radical (unpaired) electrons. The van der Waals surface area contributed by atoms with Gasteiger partial charge in [0, 0.05) is 11.3 Å². The van der Waals surface area contributed by atoms with E-state index in [-0.39, 0.29) is 5.91 Å². The molecule has 0 bridgehead atoms. The van der Waals surface area contributed by atoms with E-state index in [2.05, 4.69) is 25.9 Å². The van der Waals surface area contributed by atoms with E-state index in [9.17, 15) is 4.79 Å². The second-order valence-electron chi connectivity index (χ2n) is 4.80. The van der Waals surface area contributed by atoms with Gasteiger partial charge in [0.25, 0.3) is 5.91 Å². The maximum atomic E-state index is 12.6. The lowest BCUT2D eigenvalue weighted by atomic mass is 10.1. The smallest absolute Gasteiger partial charge is 0.263 e. The predicted octanol–water partition coefficient (Wildman–Crippen LogP) is 2.14. The summed E-state index contributed by atoms with van der Waals surface area (Å²) in [7, 11) is 3.01. The fraction of sp³-hybridized carbons (Fsp3) is 0.125. The summed E-state index contributed by atoms with van der Waals surface area (Å²) >= 11 is 0. The number of aromatic amines is 1. The van der Waals surface area contributed by atoms with Gasteiger partial charge in [-0.1, -0.05) is 6.07 Å². The van der Waals surface area contributed by atoms with Gasteiger partial charge in [-0.15, -0.1) is 10.2 Å². The molecule has 0 spiro atoms. The zero-order valence-corrected chi connectivity index (χ0v) is 13.1. The summed E-state index contributed by atoms with van der Waals surface area (Å²) in [5.41, 5.74) is 1.75. The fourth-order valence-electron chi connectivity index (χ4n) is 2.26. The van der Waals surface area contributed by atoms with Gasteiger partial charge in [0.1, 0.15) is 17.1 Å². The number of H-pyrrole nitrogens is 1. The Hall–Kier alpha value is -3.42. The third kappa shape index (κ3) is 3.02. The van der Waals surface area contributed by atoms with E-state index in [1.54, 1.807) is 42.5 Å². The normalized spacial score (nSPS) is 10.2. The molecule has 1 aromatic heterocycles. The highest BCUT2D eigenvalue weighted by Crippen LogP contribution is 2.29. The van der Waals surface area contributed by atoms with Gasteiger partial charge in [0.05, 0.1) is 14.2 Å². The molecular formula is C16H15N5O3. The van der Waals surface area contributed by atoms with E-state index in [0.29, 0.717) is 28.6 Å². The summed E-state index contributed by atoms with van der Waals surface area (Å²) in [5.74, 6) is 1.04. The van der Waals surface area contributed by atoms with E-state index in [4.69, 9.17) is 9.47 Å². The molecule has 0 atom stereocenters. The summed E-state index contributed by atoms with van der Waals surface area (Å²) < 4.78 is 10.5. The van der Waals surface area contributed by atoms with Crippen molar-refractivity contribution in [3.05, 3.63) is 48.0 Å². The lowest BCUT2D eigenvalue weighted by Gasteiger charge is -2.13. The zero-order chi connectivity index (χ0) is 16.9. The maximum Gasteiger partial charge on any atom is 0.263 e. The fourth-order valence-corrected chi connectivity index (χ4v) is 2.26. The largest absolute Gasteiger partial charge is 0.496 e. The average molecular weight is 325 g/mol. The van der Waals surface area contributed by atoms with Crippen LogP contribution in [0.15, 0.2) is 42.5 Å². The first-order valence-electron chi connectivity index (χ1n) is 7.09. The highest BCUT2D eigenvalue weighted by Gasteiger charge is 2.18. The predicted molar refractivity (Wildman–Crippen MR) is 87.1 cm³/mol. The number of carbonyl (C=O) groups excluding carboxylic acids is 1. The Morgan fingerprint density at radius 3 is 2.25 bits per heavy atom. The Labute approximate surface area is 137 Å². The highest BCUT2D eigenvalue weighted by atomic mass is 16.5. The van der Waals surface area contributed by atoms with E-state index in [1.165, 1.54) is 14.2 Å². The van der Waals surface area contributed by atoms with E-state index < -0.39 is 0 Å². The van der Waals surface area contributed by atoms with Crippen LogP contribution in [0.1, 0.15) is 10.4 Å². The summed E-state index contributed by atoms with van der Waals surface area (Å²) in [4.78, 5) is 12.6. The number of benzene rings is 2. The molecule has 0 fully saturated rings. The molecule has 3 aromatic rings. The second kappa shape index (κ2) is 6.78. The Kier molecular flexibility index (Phi) is 4.37. The van der Waals surface area contributed by atoms with Crippen molar-refractivity contribution in [2.24, 2.45) is 0 Å². The van der Waals surface area contributed by atoms with Crippen LogP contribution >= 0.6 is 0 Å². The van der Waals surface area contributed by atoms with Crippen LogP contribution < -0.4 is 14.8 Å². The van der Waals surface area contributed by atoms with Crippen molar-refractivity contribution >= 4 is 11.6 Å². The molecule has 0 aliphatic carbocycles. The number of carbonyl (C=O) groups is 1. The second-order valence-corrected chi connectivity index (χ2v) is 4.80. The van der Waals surface area contributed by atoms with E-state index in [0.717, 1.165) is 5.56 Å². The van der Waals surface area contributed by atoms with Gasteiger partial charge in [0.2, 0.25) is 5.82 Å². The number of hydrogen-bond donors (Lipinski definition) is 2. The van der Waals surface area contributed by atoms with Gasteiger partial charge in [-0.3, -0.25) is 4.79 Å². The molecule has 3 rings (SSSR count). The van der Waals surface area contributed by atoms with E-state index >= 15 is 0 Å². The Morgan fingerprint density at radius 2 is 1.71 bits per heavy atom. The van der Waals surface area contributed by atoms with Crippen LogP contribution in [0.3, 0.4) is 0 Å². The molecule has 2 N–H and O–H groups in total. The number of aromatic nitrogens is 4. The number of anilines is 1. The number of amides is 1. The quantitative estimate of drug-likeness (QED) is 0.745. The van der Waals surface area contributed by atoms with Crippen molar-refractivity contribution in [2.45, 2.75) is 0 Å². The van der Waals surface area contributed by atoms with Crippen molar-refractivity contribution in [2.75, 3.05) is 19.5 Å². The third-order valence-corrected chi connectivity index (χ3v) is 3.40. The van der Waals surface area contributed by atoms with Crippen molar-refractivity contribution < 1.29 is 14.3 Å². The lowest BCUT2D eigenvalue weighted by Crippen LogP contribution is -2.14. The first kappa shape index (κ1) is 15.5. The summed E-state index contributed by atoms with van der Waals surface area (Å²) in [5, 5.41) is 16.5. The molecule has 8 nitrogen and oxygen atoms in total. The Bertz CT molecular complexity index is 809. The highest BCUT2D eigenvalue weighted by molar-refractivity contribution is 6.08. The Morgan fingerprint density at radius 1 is 1.04 bits per heavy atom. The molecule has 24 heavy (non-hydrogen) atoms. The molecule has 122 valence electrons. The van der Waals surface area contributed by atoms with Crippen LogP contribution in [0.5, 0.6) is 11.5 Å². The van der Waals surface area contributed by atoms with Crippen molar-refractivity contribution in [3.8, 4) is 22.9 Å². The van der Waals surface area contributed by atoms with Crippen LogP contribution in [0, 0.1) is 0 Å². The van der Waals surface area contributed by atoms with Gasteiger partial charge in [-0.25, -0.2) is 0 Å². The molecule has 0 aliphatic heterocycles. The number of methoxy groups -OCH3 is 2. The molecule has 0 unspecified atom stereocenters. The van der Waals surface area contributed by atoms with Crippen LogP contribution in [-0.4, -0.2) is 40.8 Å². The number of ether oxygens (including phenoxy) is 2. The number of rotatable bonds is 5. The van der Waals surface area contributed by atoms with E-state index in [1.807, 2.05) is 0 Å². The topological polar surface area (TPSA) is 102 Å². The van der Waals surface area contributed by atoms with Gasteiger partial charge in [-0.05, 0) is 41.6 Å². The summed E-state index contributed by atoms with van der Waals surface area (Å²) in [6, 6.07) is 12.3. The molecule has 0 aliphatic rings. The van der Waals surface area contributed by atoms with Crippen LogP contribution in [0.2, 0.25) is 0 Å². The Balaban J connectivity index is 1.83. The van der Waals surface area contributed by atoms with Gasteiger partial charge < -0.3 is 14.8 Å². The molecule has 1 heterocycles. The maximum absolute atomic E-state index is 12.6. The van der Waals surface area contributed by atoms with Gasteiger partial charge in [-0.2, -0.15) is 5.21 Å². The standard InChI is InChI=1S/C16H15N5O3/c1-23-12-4-3-5-13(24-2)14(12)16(22)17-11-8-6-10(7-9-11)15-18-20-21-19-15/h3-9H,1-2H3,(H,17,22)(H,18,19,20,21). The van der Waals surface area contributed by atoms with Gasteiger partial charge in [0.15, 0.2) is 0 Å². The molecule has 1 amide bonds. The van der Waals surface area contributed by atoms with Gasteiger partial charge >= 0.3 is 0 Å². The molecule has 0 saturated carbocycles. The average Bonchev–Trinajstić information content (AvgIpc) is 3.16. The van der Waals surface area contributed by atoms with Crippen molar-refractivity contribution in [1.82, 2.24) is 20.6 Å². The number of tetrazole rings is 1. The number of hydrogen-bond acceptors (Lipinski definition) is 6. The first-order chi connectivity index (χ1) is 11.7.